The second-order valence-electron chi connectivity index (χ2n) is 5.72. The van der Waals surface area contributed by atoms with Crippen molar-refractivity contribution in [3.8, 4) is 5.75 Å². The molecular formula is C15H21NO3. The van der Waals surface area contributed by atoms with Crippen LogP contribution in [0, 0.1) is 6.92 Å². The summed E-state index contributed by atoms with van der Waals surface area (Å²) in [5.41, 5.74) is 0.958. The lowest BCUT2D eigenvalue weighted by atomic mass is 9.93. The van der Waals surface area contributed by atoms with E-state index in [1.54, 1.807) is 25.1 Å². The van der Waals surface area contributed by atoms with Crippen molar-refractivity contribution in [2.24, 2.45) is 0 Å². The minimum atomic E-state index is -0.190. The highest BCUT2D eigenvalue weighted by atomic mass is 16.5. The summed E-state index contributed by atoms with van der Waals surface area (Å²) in [6.07, 6.45) is 1.63. The molecule has 1 saturated heterocycles. The maximum Gasteiger partial charge on any atom is 0.251 e. The fraction of sp³-hybridized carbons (Fsp3) is 0.533. The molecule has 1 aromatic rings. The van der Waals surface area contributed by atoms with Crippen molar-refractivity contribution in [3.63, 3.8) is 0 Å². The van der Waals surface area contributed by atoms with Crippen LogP contribution in [0.2, 0.25) is 0 Å². The van der Waals surface area contributed by atoms with Crippen LogP contribution in [0.5, 0.6) is 5.75 Å². The Hall–Kier alpha value is -1.55. The highest BCUT2D eigenvalue weighted by molar-refractivity contribution is 5.96. The molecule has 1 atom stereocenters. The first-order chi connectivity index (χ1) is 8.89. The number of carbonyl (C=O) groups excluding carboxylic acids is 1. The van der Waals surface area contributed by atoms with Crippen molar-refractivity contribution >= 4 is 5.91 Å². The van der Waals surface area contributed by atoms with E-state index in [0.717, 1.165) is 12.8 Å². The van der Waals surface area contributed by atoms with E-state index in [4.69, 9.17) is 4.74 Å². The second kappa shape index (κ2) is 5.21. The van der Waals surface area contributed by atoms with Crippen LogP contribution in [0.25, 0.3) is 0 Å². The molecule has 0 aromatic heterocycles. The van der Waals surface area contributed by atoms with Gasteiger partial charge in [0.1, 0.15) is 5.75 Å². The molecule has 0 bridgehead atoms. The van der Waals surface area contributed by atoms with Crippen LogP contribution in [0.15, 0.2) is 18.2 Å². The largest absolute Gasteiger partial charge is 0.508 e. The first-order valence-corrected chi connectivity index (χ1v) is 6.62. The summed E-state index contributed by atoms with van der Waals surface area (Å²) < 4.78 is 5.63. The van der Waals surface area contributed by atoms with E-state index >= 15 is 0 Å². The lowest BCUT2D eigenvalue weighted by molar-refractivity contribution is -0.0615. The van der Waals surface area contributed by atoms with Crippen molar-refractivity contribution in [2.45, 2.75) is 45.3 Å². The number of aromatic hydroxyl groups is 1. The smallest absolute Gasteiger partial charge is 0.251 e. The van der Waals surface area contributed by atoms with E-state index in [1.165, 1.54) is 0 Å². The van der Waals surface area contributed by atoms with E-state index in [9.17, 15) is 9.90 Å². The molecule has 0 saturated carbocycles. The average molecular weight is 263 g/mol. The highest BCUT2D eigenvalue weighted by Crippen LogP contribution is 2.25. The molecule has 1 amide bonds. The Morgan fingerprint density at radius 2 is 2.21 bits per heavy atom. The zero-order chi connectivity index (χ0) is 14.0. The topological polar surface area (TPSA) is 58.6 Å². The first-order valence-electron chi connectivity index (χ1n) is 6.62. The van der Waals surface area contributed by atoms with Gasteiger partial charge in [0.25, 0.3) is 5.91 Å². The number of rotatable bonds is 2. The van der Waals surface area contributed by atoms with Crippen molar-refractivity contribution in [1.82, 2.24) is 5.32 Å². The summed E-state index contributed by atoms with van der Waals surface area (Å²) in [6, 6.07) is 5.13. The number of hydrogen-bond donors (Lipinski definition) is 2. The SMILES string of the molecule is Cc1c(O)cccc1C(=O)NC1CCOC(C)(C)C1. The van der Waals surface area contributed by atoms with Gasteiger partial charge < -0.3 is 15.2 Å². The summed E-state index contributed by atoms with van der Waals surface area (Å²) in [7, 11) is 0. The molecule has 1 aliphatic heterocycles. The second-order valence-corrected chi connectivity index (χ2v) is 5.72. The van der Waals surface area contributed by atoms with Crippen LogP contribution in [0.4, 0.5) is 0 Å². The van der Waals surface area contributed by atoms with Gasteiger partial charge in [-0.05, 0) is 45.7 Å². The molecule has 1 aromatic carbocycles. The number of phenols is 1. The molecule has 4 nitrogen and oxygen atoms in total. The van der Waals surface area contributed by atoms with Crippen molar-refractivity contribution < 1.29 is 14.6 Å². The third kappa shape index (κ3) is 3.26. The minimum Gasteiger partial charge on any atom is -0.508 e. The monoisotopic (exact) mass is 263 g/mol. The Labute approximate surface area is 113 Å². The molecular weight excluding hydrogens is 242 g/mol. The summed E-state index contributed by atoms with van der Waals surface area (Å²) in [4.78, 5) is 12.2. The Morgan fingerprint density at radius 3 is 2.89 bits per heavy atom. The molecule has 19 heavy (non-hydrogen) atoms. The third-order valence-corrected chi connectivity index (χ3v) is 3.58. The number of benzene rings is 1. The first kappa shape index (κ1) is 13.9. The van der Waals surface area contributed by atoms with Gasteiger partial charge in [-0.15, -0.1) is 0 Å². The summed E-state index contributed by atoms with van der Waals surface area (Å²) >= 11 is 0. The van der Waals surface area contributed by atoms with Gasteiger partial charge in [0.05, 0.1) is 5.60 Å². The van der Waals surface area contributed by atoms with Gasteiger partial charge in [0, 0.05) is 23.8 Å². The average Bonchev–Trinajstić information content (AvgIpc) is 2.31. The highest BCUT2D eigenvalue weighted by Gasteiger charge is 2.30. The fourth-order valence-electron chi connectivity index (χ4n) is 2.49. The van der Waals surface area contributed by atoms with Crippen LogP contribution < -0.4 is 5.32 Å². The molecule has 2 N–H and O–H groups in total. The Kier molecular flexibility index (Phi) is 3.80. The maximum atomic E-state index is 12.2. The van der Waals surface area contributed by atoms with E-state index in [2.05, 4.69) is 5.32 Å². The molecule has 1 unspecified atom stereocenters. The molecule has 0 aliphatic carbocycles. The number of phenolic OH excluding ortho intramolecular Hbond substituents is 1. The predicted octanol–water partition coefficient (Wildman–Crippen LogP) is 2.39. The molecule has 0 spiro atoms. The normalized spacial score (nSPS) is 21.9. The number of amides is 1. The molecule has 1 aliphatic rings. The van der Waals surface area contributed by atoms with E-state index in [0.29, 0.717) is 17.7 Å². The molecule has 0 radical (unpaired) electrons. The maximum absolute atomic E-state index is 12.2. The number of hydrogen-bond acceptors (Lipinski definition) is 3. The molecule has 104 valence electrons. The van der Waals surface area contributed by atoms with Gasteiger partial charge in [-0.1, -0.05) is 6.07 Å². The van der Waals surface area contributed by atoms with E-state index < -0.39 is 0 Å². The van der Waals surface area contributed by atoms with Crippen molar-refractivity contribution in [3.05, 3.63) is 29.3 Å². The fourth-order valence-corrected chi connectivity index (χ4v) is 2.49. The van der Waals surface area contributed by atoms with Gasteiger partial charge in [0.2, 0.25) is 0 Å². The molecule has 4 heteroatoms. The molecule has 2 rings (SSSR count). The van der Waals surface area contributed by atoms with Gasteiger partial charge in [-0.3, -0.25) is 4.79 Å². The quantitative estimate of drug-likeness (QED) is 0.861. The number of carbonyl (C=O) groups is 1. The zero-order valence-electron chi connectivity index (χ0n) is 11.7. The van der Waals surface area contributed by atoms with Gasteiger partial charge >= 0.3 is 0 Å². The van der Waals surface area contributed by atoms with Crippen LogP contribution in [0.3, 0.4) is 0 Å². The van der Waals surface area contributed by atoms with Crippen LogP contribution in [0.1, 0.15) is 42.6 Å². The molecule has 1 fully saturated rings. The Morgan fingerprint density at radius 1 is 1.47 bits per heavy atom. The Balaban J connectivity index is 2.07. The van der Waals surface area contributed by atoms with Crippen LogP contribution in [-0.2, 0) is 4.74 Å². The summed E-state index contributed by atoms with van der Waals surface area (Å²) in [5, 5.41) is 12.7. The van der Waals surface area contributed by atoms with E-state index in [1.807, 2.05) is 13.8 Å². The van der Waals surface area contributed by atoms with E-state index in [-0.39, 0.29) is 23.3 Å². The van der Waals surface area contributed by atoms with Crippen molar-refractivity contribution in [1.29, 1.82) is 0 Å². The molecule has 1 heterocycles. The number of ether oxygens (including phenoxy) is 1. The lowest BCUT2D eigenvalue weighted by Crippen LogP contribution is -2.45. The zero-order valence-corrected chi connectivity index (χ0v) is 11.7. The minimum absolute atomic E-state index is 0.123. The van der Waals surface area contributed by atoms with Crippen LogP contribution >= 0.6 is 0 Å². The van der Waals surface area contributed by atoms with Gasteiger partial charge in [-0.2, -0.15) is 0 Å². The lowest BCUT2D eigenvalue weighted by Gasteiger charge is -2.35. The predicted molar refractivity (Wildman–Crippen MR) is 73.4 cm³/mol. The summed E-state index contributed by atoms with van der Waals surface area (Å²) in [5.74, 6) is 0.0241. The van der Waals surface area contributed by atoms with Crippen LogP contribution in [-0.4, -0.2) is 29.3 Å². The van der Waals surface area contributed by atoms with Gasteiger partial charge in [0.15, 0.2) is 0 Å². The van der Waals surface area contributed by atoms with Crippen molar-refractivity contribution in [2.75, 3.05) is 6.61 Å². The third-order valence-electron chi connectivity index (χ3n) is 3.58. The number of nitrogens with one attached hydrogen (secondary N) is 1. The van der Waals surface area contributed by atoms with Gasteiger partial charge in [-0.25, -0.2) is 0 Å². The standard InChI is InChI=1S/C15H21NO3/c1-10-12(5-4-6-13(10)17)14(18)16-11-7-8-19-15(2,3)9-11/h4-6,11,17H,7-9H2,1-3H3,(H,16,18). The summed E-state index contributed by atoms with van der Waals surface area (Å²) in [6.45, 7) is 6.48. The Bertz CT molecular complexity index is 482.